The second kappa shape index (κ2) is 6.63. The fourth-order valence-corrected chi connectivity index (χ4v) is 2.63. The van der Waals surface area contributed by atoms with Gasteiger partial charge in [-0.1, -0.05) is 6.07 Å². The summed E-state index contributed by atoms with van der Waals surface area (Å²) >= 11 is 1.52. The van der Waals surface area contributed by atoms with Crippen molar-refractivity contribution in [1.29, 1.82) is 0 Å². The van der Waals surface area contributed by atoms with Crippen LogP contribution in [-0.2, 0) is 13.6 Å². The molecule has 0 aromatic carbocycles. The van der Waals surface area contributed by atoms with Gasteiger partial charge in [-0.3, -0.25) is 9.69 Å². The molecule has 0 unspecified atom stereocenters. The van der Waals surface area contributed by atoms with Gasteiger partial charge >= 0.3 is 0 Å². The number of thiophene rings is 1. The Morgan fingerprint density at radius 3 is 3.00 bits per heavy atom. The fraction of sp³-hybridized carbons (Fsp3) is 0.429. The predicted molar refractivity (Wildman–Crippen MR) is 77.4 cm³/mol. The molecule has 0 saturated carbocycles. The van der Waals surface area contributed by atoms with Crippen LogP contribution >= 0.6 is 11.3 Å². The highest BCUT2D eigenvalue weighted by Gasteiger charge is 2.08. The van der Waals surface area contributed by atoms with Gasteiger partial charge in [-0.15, -0.1) is 11.3 Å². The average Bonchev–Trinajstić information content (AvgIpc) is 3.02. The first-order valence-corrected chi connectivity index (χ1v) is 7.26. The monoisotopic (exact) mass is 277 g/mol. The second-order valence-corrected chi connectivity index (χ2v) is 5.64. The quantitative estimate of drug-likeness (QED) is 0.730. The van der Waals surface area contributed by atoms with E-state index in [4.69, 9.17) is 0 Å². The molecule has 4 nitrogen and oxygen atoms in total. The number of carbonyl (C=O) groups is 1. The van der Waals surface area contributed by atoms with Crippen molar-refractivity contribution in [2.75, 3.05) is 13.6 Å². The molecule has 0 aliphatic carbocycles. The maximum absolute atomic E-state index is 11.8. The number of carbonyl (C=O) groups excluding carboxylic acids is 1. The van der Waals surface area contributed by atoms with Gasteiger partial charge in [0, 0.05) is 25.9 Å². The zero-order chi connectivity index (χ0) is 13.7. The van der Waals surface area contributed by atoms with Crippen molar-refractivity contribution < 1.29 is 4.79 Å². The van der Waals surface area contributed by atoms with Gasteiger partial charge in [0.05, 0.1) is 11.4 Å². The lowest BCUT2D eigenvalue weighted by Crippen LogP contribution is -2.21. The van der Waals surface area contributed by atoms with Crippen molar-refractivity contribution in [2.45, 2.75) is 19.4 Å². The van der Waals surface area contributed by atoms with Crippen molar-refractivity contribution in [2.24, 2.45) is 7.05 Å². The van der Waals surface area contributed by atoms with Crippen LogP contribution < -0.4 is 0 Å². The minimum atomic E-state index is 0.250. The number of rotatable bonds is 7. The van der Waals surface area contributed by atoms with Crippen LogP contribution in [0.25, 0.3) is 0 Å². The largest absolute Gasteiger partial charge is 0.337 e. The first-order valence-electron chi connectivity index (χ1n) is 6.38. The van der Waals surface area contributed by atoms with Crippen molar-refractivity contribution in [3.05, 3.63) is 40.6 Å². The Morgan fingerprint density at radius 1 is 1.53 bits per heavy atom. The maximum Gasteiger partial charge on any atom is 0.172 e. The van der Waals surface area contributed by atoms with Gasteiger partial charge in [0.1, 0.15) is 5.82 Å². The molecule has 0 amide bonds. The molecular weight excluding hydrogens is 258 g/mol. The van der Waals surface area contributed by atoms with Gasteiger partial charge in [-0.25, -0.2) is 4.98 Å². The van der Waals surface area contributed by atoms with E-state index in [1.165, 1.54) is 11.3 Å². The third kappa shape index (κ3) is 4.01. The Bertz CT molecular complexity index is 519. The van der Waals surface area contributed by atoms with Gasteiger partial charge in [-0.2, -0.15) is 0 Å². The summed E-state index contributed by atoms with van der Waals surface area (Å²) in [7, 11) is 4.06. The number of imidazole rings is 1. The Kier molecular flexibility index (Phi) is 4.87. The van der Waals surface area contributed by atoms with Crippen LogP contribution in [0.1, 0.15) is 28.3 Å². The van der Waals surface area contributed by atoms with E-state index in [9.17, 15) is 4.79 Å². The van der Waals surface area contributed by atoms with Crippen LogP contribution in [0.5, 0.6) is 0 Å². The van der Waals surface area contributed by atoms with E-state index in [0.29, 0.717) is 6.42 Å². The Morgan fingerprint density at radius 2 is 2.37 bits per heavy atom. The van der Waals surface area contributed by atoms with Gasteiger partial charge in [0.15, 0.2) is 5.78 Å². The SMILES string of the molecule is CN(CCCC(=O)c1cccs1)Cc1nccn1C. The number of hydrogen-bond donors (Lipinski definition) is 0. The molecule has 0 fully saturated rings. The lowest BCUT2D eigenvalue weighted by atomic mass is 10.2. The van der Waals surface area contributed by atoms with Crippen LogP contribution in [0.4, 0.5) is 0 Å². The summed E-state index contributed by atoms with van der Waals surface area (Å²) in [4.78, 5) is 19.2. The second-order valence-electron chi connectivity index (χ2n) is 4.70. The number of aryl methyl sites for hydroxylation is 1. The summed E-state index contributed by atoms with van der Waals surface area (Å²) in [5, 5.41) is 1.94. The standard InChI is InChI=1S/C14H19N3OS/c1-16(11-14-15-7-9-17(14)2)8-3-5-12(18)13-6-4-10-19-13/h4,6-7,9-10H,3,5,8,11H2,1-2H3. The molecule has 2 aromatic heterocycles. The summed E-state index contributed by atoms with van der Waals surface area (Å²) < 4.78 is 2.02. The molecule has 0 aliphatic heterocycles. The molecule has 102 valence electrons. The predicted octanol–water partition coefficient (Wildman–Crippen LogP) is 2.58. The molecule has 0 spiro atoms. The van der Waals surface area contributed by atoms with Crippen LogP contribution in [0.2, 0.25) is 0 Å². The Balaban J connectivity index is 1.71. The van der Waals surface area contributed by atoms with E-state index in [1.54, 1.807) is 0 Å². The number of ketones is 1. The first-order chi connectivity index (χ1) is 9.16. The topological polar surface area (TPSA) is 38.1 Å². The number of Topliss-reactive ketones (excluding diaryl/α,β-unsaturated/α-hetero) is 1. The minimum absolute atomic E-state index is 0.250. The molecule has 0 saturated heterocycles. The lowest BCUT2D eigenvalue weighted by molar-refractivity contribution is 0.0979. The molecule has 0 bridgehead atoms. The van der Waals surface area contributed by atoms with Crippen LogP contribution in [0.15, 0.2) is 29.9 Å². The molecule has 5 heteroatoms. The van der Waals surface area contributed by atoms with E-state index in [0.717, 1.165) is 30.2 Å². The van der Waals surface area contributed by atoms with Crippen LogP contribution in [0.3, 0.4) is 0 Å². The van der Waals surface area contributed by atoms with Crippen molar-refractivity contribution >= 4 is 17.1 Å². The number of nitrogens with zero attached hydrogens (tertiary/aromatic N) is 3. The van der Waals surface area contributed by atoms with E-state index in [2.05, 4.69) is 16.9 Å². The summed E-state index contributed by atoms with van der Waals surface area (Å²) in [5.41, 5.74) is 0. The van der Waals surface area contributed by atoms with Gasteiger partial charge in [-0.05, 0) is 31.5 Å². The molecular formula is C14H19N3OS. The third-order valence-electron chi connectivity index (χ3n) is 3.07. The number of hydrogen-bond acceptors (Lipinski definition) is 4. The van der Waals surface area contributed by atoms with E-state index < -0.39 is 0 Å². The highest BCUT2D eigenvalue weighted by Crippen LogP contribution is 2.12. The molecule has 2 aromatic rings. The highest BCUT2D eigenvalue weighted by molar-refractivity contribution is 7.12. The molecule has 0 radical (unpaired) electrons. The zero-order valence-electron chi connectivity index (χ0n) is 11.4. The Hall–Kier alpha value is -1.46. The summed E-state index contributed by atoms with van der Waals surface area (Å²) in [6.45, 7) is 1.72. The highest BCUT2D eigenvalue weighted by atomic mass is 32.1. The molecule has 0 aliphatic rings. The minimum Gasteiger partial charge on any atom is -0.337 e. The molecule has 0 atom stereocenters. The van der Waals surface area contributed by atoms with Crippen LogP contribution in [-0.4, -0.2) is 33.8 Å². The molecule has 0 N–H and O–H groups in total. The first kappa shape index (κ1) is 14.0. The zero-order valence-corrected chi connectivity index (χ0v) is 12.2. The van der Waals surface area contributed by atoms with Crippen molar-refractivity contribution in [3.8, 4) is 0 Å². The van der Waals surface area contributed by atoms with Crippen molar-refractivity contribution in [3.63, 3.8) is 0 Å². The van der Waals surface area contributed by atoms with Crippen LogP contribution in [0, 0.1) is 0 Å². The van der Waals surface area contributed by atoms with E-state index in [1.807, 2.05) is 41.5 Å². The number of aromatic nitrogens is 2. The lowest BCUT2D eigenvalue weighted by Gasteiger charge is -2.15. The molecule has 19 heavy (non-hydrogen) atoms. The molecule has 2 heterocycles. The Labute approximate surface area is 117 Å². The summed E-state index contributed by atoms with van der Waals surface area (Å²) in [6.07, 6.45) is 5.26. The maximum atomic E-state index is 11.8. The average molecular weight is 277 g/mol. The van der Waals surface area contributed by atoms with Gasteiger partial charge < -0.3 is 4.57 Å². The van der Waals surface area contributed by atoms with Gasteiger partial charge in [0.2, 0.25) is 0 Å². The summed E-state index contributed by atoms with van der Waals surface area (Å²) in [6, 6.07) is 3.82. The van der Waals surface area contributed by atoms with Gasteiger partial charge in [0.25, 0.3) is 0 Å². The summed E-state index contributed by atoms with van der Waals surface area (Å²) in [5.74, 6) is 1.30. The normalized spacial score (nSPS) is 11.1. The van der Waals surface area contributed by atoms with E-state index in [-0.39, 0.29) is 5.78 Å². The third-order valence-corrected chi connectivity index (χ3v) is 3.98. The van der Waals surface area contributed by atoms with E-state index >= 15 is 0 Å². The molecule has 2 rings (SSSR count). The van der Waals surface area contributed by atoms with Crippen molar-refractivity contribution in [1.82, 2.24) is 14.5 Å². The fourth-order valence-electron chi connectivity index (χ4n) is 1.94. The smallest absolute Gasteiger partial charge is 0.172 e.